The van der Waals surface area contributed by atoms with Crippen molar-refractivity contribution in [3.8, 4) is 5.75 Å². The molecule has 0 unspecified atom stereocenters. The van der Waals surface area contributed by atoms with E-state index in [1.807, 2.05) is 48.7 Å². The summed E-state index contributed by atoms with van der Waals surface area (Å²) in [7, 11) is 0. The van der Waals surface area contributed by atoms with Crippen molar-refractivity contribution in [2.24, 2.45) is 0 Å². The minimum atomic E-state index is -0.387. The molecule has 0 saturated heterocycles. The number of benzene rings is 2. The average Bonchev–Trinajstić information content (AvgIpc) is 3.30. The highest BCUT2D eigenvalue weighted by molar-refractivity contribution is 9.10. The van der Waals surface area contributed by atoms with Crippen LogP contribution in [0.2, 0.25) is 0 Å². The van der Waals surface area contributed by atoms with Gasteiger partial charge in [-0.05, 0) is 60.8 Å². The summed E-state index contributed by atoms with van der Waals surface area (Å²) in [6.45, 7) is 2.45. The topological polar surface area (TPSA) is 58.6 Å². The molecular weight excluding hydrogens is 452 g/mol. The molecule has 0 bridgehead atoms. The monoisotopic (exact) mass is 468 g/mol. The van der Waals surface area contributed by atoms with Gasteiger partial charge in [0.15, 0.2) is 0 Å². The average molecular weight is 469 g/mol. The number of carbonyl (C=O) groups is 2. The zero-order valence-corrected chi connectivity index (χ0v) is 17.9. The molecule has 2 aromatic carbocycles. The SMILES string of the molecule is CCOc1ccc(N2C(=O)C(Nc3cccc(Br)c3)=C(c3cccs3)C2=O)cc1. The van der Waals surface area contributed by atoms with E-state index in [9.17, 15) is 9.59 Å². The number of carbonyl (C=O) groups excluding carboxylic acids is 2. The second-order valence-electron chi connectivity index (χ2n) is 6.24. The summed E-state index contributed by atoms with van der Waals surface area (Å²) in [4.78, 5) is 28.5. The number of ether oxygens (including phenoxy) is 1. The molecule has 0 aliphatic carbocycles. The molecule has 146 valence electrons. The fraction of sp³-hybridized carbons (Fsp3) is 0.0909. The van der Waals surface area contributed by atoms with Crippen LogP contribution in [0.1, 0.15) is 11.8 Å². The lowest BCUT2D eigenvalue weighted by Gasteiger charge is -2.16. The Morgan fingerprint density at radius 1 is 1.03 bits per heavy atom. The van der Waals surface area contributed by atoms with Crippen LogP contribution in [0.5, 0.6) is 5.75 Å². The molecule has 1 aliphatic heterocycles. The van der Waals surface area contributed by atoms with Gasteiger partial charge in [-0.15, -0.1) is 11.3 Å². The summed E-state index contributed by atoms with van der Waals surface area (Å²) in [5.41, 5.74) is 1.87. The molecule has 5 nitrogen and oxygen atoms in total. The first-order valence-corrected chi connectivity index (χ1v) is 10.7. The number of hydrogen-bond donors (Lipinski definition) is 1. The van der Waals surface area contributed by atoms with Crippen molar-refractivity contribution in [3.05, 3.63) is 81.1 Å². The van der Waals surface area contributed by atoms with Crippen LogP contribution >= 0.6 is 27.3 Å². The Morgan fingerprint density at radius 3 is 2.48 bits per heavy atom. The van der Waals surface area contributed by atoms with E-state index < -0.39 is 0 Å². The third-order valence-electron chi connectivity index (χ3n) is 4.35. The lowest BCUT2D eigenvalue weighted by Crippen LogP contribution is -2.32. The van der Waals surface area contributed by atoms with Crippen molar-refractivity contribution in [1.29, 1.82) is 0 Å². The Labute approximate surface area is 180 Å². The van der Waals surface area contributed by atoms with E-state index in [1.54, 1.807) is 24.3 Å². The van der Waals surface area contributed by atoms with Gasteiger partial charge in [0, 0.05) is 15.0 Å². The zero-order valence-electron chi connectivity index (χ0n) is 15.5. The number of amides is 2. The van der Waals surface area contributed by atoms with Gasteiger partial charge in [-0.1, -0.05) is 28.1 Å². The van der Waals surface area contributed by atoms with Gasteiger partial charge in [-0.2, -0.15) is 0 Å². The molecule has 1 N–H and O–H groups in total. The van der Waals surface area contributed by atoms with Crippen LogP contribution in [-0.4, -0.2) is 18.4 Å². The number of nitrogens with one attached hydrogen (secondary N) is 1. The molecule has 0 spiro atoms. The molecule has 0 atom stereocenters. The summed E-state index contributed by atoms with van der Waals surface area (Å²) >= 11 is 4.86. The highest BCUT2D eigenvalue weighted by atomic mass is 79.9. The Hall–Kier alpha value is -2.90. The standard InChI is InChI=1S/C22H17BrN2O3S/c1-2-28-17-10-8-16(9-11-17)25-21(26)19(18-7-4-12-29-18)20(22(25)27)24-15-6-3-5-14(23)13-15/h3-13,24H,2H2,1H3. The minimum Gasteiger partial charge on any atom is -0.494 e. The molecule has 2 amide bonds. The van der Waals surface area contributed by atoms with Crippen molar-refractivity contribution in [2.75, 3.05) is 16.8 Å². The summed E-state index contributed by atoms with van der Waals surface area (Å²) in [5.74, 6) is -0.0455. The minimum absolute atomic E-state index is 0.268. The van der Waals surface area contributed by atoms with Crippen LogP contribution in [0.4, 0.5) is 11.4 Å². The largest absolute Gasteiger partial charge is 0.494 e. The van der Waals surface area contributed by atoms with E-state index >= 15 is 0 Å². The van der Waals surface area contributed by atoms with E-state index in [4.69, 9.17) is 4.74 Å². The van der Waals surface area contributed by atoms with Gasteiger partial charge in [0.05, 0.1) is 17.9 Å². The zero-order chi connectivity index (χ0) is 20.4. The molecule has 0 saturated carbocycles. The number of thiophene rings is 1. The van der Waals surface area contributed by atoms with Crippen molar-refractivity contribution < 1.29 is 14.3 Å². The maximum Gasteiger partial charge on any atom is 0.282 e. The van der Waals surface area contributed by atoms with Gasteiger partial charge in [-0.3, -0.25) is 9.59 Å². The second-order valence-corrected chi connectivity index (χ2v) is 8.10. The first-order valence-electron chi connectivity index (χ1n) is 9.01. The molecule has 1 aliphatic rings. The van der Waals surface area contributed by atoms with Gasteiger partial charge >= 0.3 is 0 Å². The Morgan fingerprint density at radius 2 is 1.83 bits per heavy atom. The summed E-state index contributed by atoms with van der Waals surface area (Å²) in [5, 5.41) is 5.04. The summed E-state index contributed by atoms with van der Waals surface area (Å²) < 4.78 is 6.33. The smallest absolute Gasteiger partial charge is 0.282 e. The molecule has 4 rings (SSSR count). The Kier molecular flexibility index (Phi) is 5.51. The number of imide groups is 1. The predicted molar refractivity (Wildman–Crippen MR) is 119 cm³/mol. The molecule has 2 heterocycles. The second kappa shape index (κ2) is 8.23. The van der Waals surface area contributed by atoms with E-state index in [0.29, 0.717) is 23.6 Å². The van der Waals surface area contributed by atoms with Crippen molar-refractivity contribution in [3.63, 3.8) is 0 Å². The lowest BCUT2D eigenvalue weighted by atomic mass is 10.2. The number of hydrogen-bond acceptors (Lipinski definition) is 5. The van der Waals surface area contributed by atoms with Gasteiger partial charge in [0.25, 0.3) is 11.8 Å². The first-order chi connectivity index (χ1) is 14.1. The van der Waals surface area contributed by atoms with E-state index in [1.165, 1.54) is 16.2 Å². The Bertz CT molecular complexity index is 1090. The van der Waals surface area contributed by atoms with E-state index in [-0.39, 0.29) is 17.5 Å². The van der Waals surface area contributed by atoms with Crippen molar-refractivity contribution in [1.82, 2.24) is 0 Å². The normalized spacial score (nSPS) is 13.9. The molecule has 0 radical (unpaired) electrons. The maximum absolute atomic E-state index is 13.3. The highest BCUT2D eigenvalue weighted by Crippen LogP contribution is 2.36. The number of nitrogens with zero attached hydrogens (tertiary/aromatic N) is 1. The van der Waals surface area contributed by atoms with E-state index in [2.05, 4.69) is 21.2 Å². The number of halogens is 1. The lowest BCUT2D eigenvalue weighted by molar-refractivity contribution is -0.120. The van der Waals surface area contributed by atoms with Gasteiger partial charge in [0.2, 0.25) is 0 Å². The van der Waals surface area contributed by atoms with Crippen molar-refractivity contribution in [2.45, 2.75) is 6.92 Å². The molecule has 29 heavy (non-hydrogen) atoms. The fourth-order valence-corrected chi connectivity index (χ4v) is 4.27. The van der Waals surface area contributed by atoms with Gasteiger partial charge in [0.1, 0.15) is 11.4 Å². The third-order valence-corrected chi connectivity index (χ3v) is 5.73. The summed E-state index contributed by atoms with van der Waals surface area (Å²) in [6.07, 6.45) is 0. The van der Waals surface area contributed by atoms with Crippen LogP contribution in [0.25, 0.3) is 5.57 Å². The molecule has 7 heteroatoms. The number of anilines is 2. The van der Waals surface area contributed by atoms with Gasteiger partial charge < -0.3 is 10.1 Å². The maximum atomic E-state index is 13.3. The van der Waals surface area contributed by atoms with Crippen molar-refractivity contribution >= 4 is 56.0 Å². The molecule has 0 fully saturated rings. The number of rotatable bonds is 6. The molecule has 1 aromatic heterocycles. The van der Waals surface area contributed by atoms with Gasteiger partial charge in [-0.25, -0.2) is 4.90 Å². The highest BCUT2D eigenvalue weighted by Gasteiger charge is 2.40. The quantitative estimate of drug-likeness (QED) is 0.498. The third kappa shape index (κ3) is 3.83. The molecule has 3 aromatic rings. The first kappa shape index (κ1) is 19.4. The van der Waals surface area contributed by atoms with Crippen LogP contribution in [0.15, 0.2) is 76.2 Å². The Balaban J connectivity index is 1.73. The van der Waals surface area contributed by atoms with E-state index in [0.717, 1.165) is 15.0 Å². The predicted octanol–water partition coefficient (Wildman–Crippen LogP) is 5.31. The van der Waals surface area contributed by atoms with Crippen LogP contribution in [0, 0.1) is 0 Å². The van der Waals surface area contributed by atoms with Crippen LogP contribution < -0.4 is 15.0 Å². The fourth-order valence-electron chi connectivity index (χ4n) is 3.10. The van der Waals surface area contributed by atoms with Crippen LogP contribution in [-0.2, 0) is 9.59 Å². The van der Waals surface area contributed by atoms with Crippen LogP contribution in [0.3, 0.4) is 0 Å². The summed E-state index contributed by atoms with van der Waals surface area (Å²) in [6, 6.07) is 18.1. The molecular formula is C22H17BrN2O3S.